The summed E-state index contributed by atoms with van der Waals surface area (Å²) in [6, 6.07) is 0.476. The Balaban J connectivity index is 3.75. The largest absolute Gasteiger partial charge is 0.314 e. The van der Waals surface area contributed by atoms with Crippen LogP contribution in [0.5, 0.6) is 0 Å². The van der Waals surface area contributed by atoms with Gasteiger partial charge in [-0.3, -0.25) is 4.79 Å². The molecule has 0 heterocycles. The lowest BCUT2D eigenvalue weighted by Gasteiger charge is -2.15. The van der Waals surface area contributed by atoms with E-state index in [9.17, 15) is 4.79 Å². The quantitative estimate of drug-likeness (QED) is 0.662. The van der Waals surface area contributed by atoms with Crippen molar-refractivity contribution in [2.75, 3.05) is 6.54 Å². The fourth-order valence-electron chi connectivity index (χ4n) is 1.15. The van der Waals surface area contributed by atoms with Gasteiger partial charge in [-0.2, -0.15) is 0 Å². The molecule has 0 aliphatic carbocycles. The van der Waals surface area contributed by atoms with Crippen molar-refractivity contribution in [1.29, 1.82) is 0 Å². The van der Waals surface area contributed by atoms with Gasteiger partial charge in [0.05, 0.1) is 0 Å². The van der Waals surface area contributed by atoms with Crippen molar-refractivity contribution >= 4 is 5.78 Å². The van der Waals surface area contributed by atoms with E-state index in [0.717, 1.165) is 13.0 Å². The molecule has 12 heavy (non-hydrogen) atoms. The lowest BCUT2D eigenvalue weighted by atomic mass is 9.99. The molecule has 0 saturated carbocycles. The molecule has 72 valence electrons. The average molecular weight is 171 g/mol. The number of rotatable bonds is 6. The molecule has 2 heteroatoms. The van der Waals surface area contributed by atoms with Crippen LogP contribution in [-0.4, -0.2) is 18.4 Å². The molecule has 0 aromatic rings. The minimum Gasteiger partial charge on any atom is -0.314 e. The normalized spacial score (nSPS) is 13.4. The van der Waals surface area contributed by atoms with E-state index in [0.29, 0.717) is 18.2 Å². The van der Waals surface area contributed by atoms with Gasteiger partial charge in [-0.15, -0.1) is 0 Å². The molecular formula is C10H21NO. The van der Waals surface area contributed by atoms with E-state index < -0.39 is 0 Å². The van der Waals surface area contributed by atoms with Crippen molar-refractivity contribution in [3.05, 3.63) is 0 Å². The molecule has 0 fully saturated rings. The van der Waals surface area contributed by atoms with E-state index in [1.807, 2.05) is 6.92 Å². The van der Waals surface area contributed by atoms with Crippen molar-refractivity contribution in [3.63, 3.8) is 0 Å². The molecular weight excluding hydrogens is 150 g/mol. The molecule has 1 N–H and O–H groups in total. The van der Waals surface area contributed by atoms with Gasteiger partial charge >= 0.3 is 0 Å². The summed E-state index contributed by atoms with van der Waals surface area (Å²) in [5.74, 6) is 0.600. The van der Waals surface area contributed by atoms with E-state index in [1.165, 1.54) is 0 Å². The van der Waals surface area contributed by atoms with E-state index in [-0.39, 0.29) is 5.92 Å². The monoisotopic (exact) mass is 171 g/mol. The van der Waals surface area contributed by atoms with E-state index >= 15 is 0 Å². The molecule has 0 aromatic carbocycles. The summed E-state index contributed by atoms with van der Waals surface area (Å²) < 4.78 is 0. The minimum absolute atomic E-state index is 0.220. The number of carbonyl (C=O) groups excluding carboxylic acids is 1. The molecule has 2 nitrogen and oxygen atoms in total. The zero-order valence-electron chi connectivity index (χ0n) is 8.68. The maximum absolute atomic E-state index is 11.3. The lowest BCUT2D eigenvalue weighted by molar-refractivity contribution is -0.122. The molecule has 0 aliphatic heterocycles. The molecule has 0 rings (SSSR count). The topological polar surface area (TPSA) is 29.1 Å². The zero-order chi connectivity index (χ0) is 9.56. The van der Waals surface area contributed by atoms with Crippen molar-refractivity contribution in [3.8, 4) is 0 Å². The Labute approximate surface area is 75.7 Å². The number of carbonyl (C=O) groups is 1. The van der Waals surface area contributed by atoms with Gasteiger partial charge in [-0.25, -0.2) is 0 Å². The first kappa shape index (κ1) is 11.6. The molecule has 0 aromatic heterocycles. The van der Waals surface area contributed by atoms with Crippen molar-refractivity contribution in [2.45, 2.75) is 46.6 Å². The fraction of sp³-hybridized carbons (Fsp3) is 0.900. The summed E-state index contributed by atoms with van der Waals surface area (Å²) in [7, 11) is 0. The highest BCUT2D eigenvalue weighted by atomic mass is 16.1. The molecule has 0 bridgehead atoms. The second kappa shape index (κ2) is 6.18. The van der Waals surface area contributed by atoms with Gasteiger partial charge in [0.2, 0.25) is 0 Å². The van der Waals surface area contributed by atoms with Crippen molar-refractivity contribution in [1.82, 2.24) is 5.32 Å². The standard InChI is InChI=1S/C10H21NO/c1-5-9(10(12)6-2)7-11-8(3)4/h8-9,11H,5-7H2,1-4H3. The van der Waals surface area contributed by atoms with Crippen LogP contribution in [0.2, 0.25) is 0 Å². The summed E-state index contributed by atoms with van der Waals surface area (Å²) in [5.41, 5.74) is 0. The predicted octanol–water partition coefficient (Wildman–Crippen LogP) is 1.99. The predicted molar refractivity (Wildman–Crippen MR) is 52.2 cm³/mol. The first-order chi connectivity index (χ1) is 5.61. The number of ketones is 1. The number of Topliss-reactive ketones (excluding diaryl/α,β-unsaturated/α-hetero) is 1. The molecule has 0 spiro atoms. The molecule has 1 unspecified atom stereocenters. The van der Waals surface area contributed by atoms with Crippen molar-refractivity contribution in [2.24, 2.45) is 5.92 Å². The first-order valence-electron chi connectivity index (χ1n) is 4.87. The smallest absolute Gasteiger partial charge is 0.136 e. The van der Waals surface area contributed by atoms with Gasteiger partial charge in [0.25, 0.3) is 0 Å². The Bertz CT molecular complexity index is 132. The van der Waals surface area contributed by atoms with Gasteiger partial charge in [0.1, 0.15) is 5.78 Å². The van der Waals surface area contributed by atoms with Crippen LogP contribution in [-0.2, 0) is 4.79 Å². The average Bonchev–Trinajstić information content (AvgIpc) is 2.04. The Hall–Kier alpha value is -0.370. The Morgan fingerprint density at radius 2 is 1.92 bits per heavy atom. The highest BCUT2D eigenvalue weighted by Gasteiger charge is 2.13. The van der Waals surface area contributed by atoms with E-state index in [1.54, 1.807) is 0 Å². The molecule has 1 atom stereocenters. The maximum atomic E-state index is 11.3. The maximum Gasteiger partial charge on any atom is 0.136 e. The van der Waals surface area contributed by atoms with Crippen LogP contribution in [0, 0.1) is 5.92 Å². The van der Waals surface area contributed by atoms with Gasteiger partial charge in [-0.05, 0) is 6.42 Å². The molecule has 0 aliphatic rings. The summed E-state index contributed by atoms with van der Waals surface area (Å²) in [6.45, 7) is 9.04. The number of nitrogens with one attached hydrogen (secondary N) is 1. The van der Waals surface area contributed by atoms with Crippen LogP contribution >= 0.6 is 0 Å². The second-order valence-corrected chi connectivity index (χ2v) is 3.49. The van der Waals surface area contributed by atoms with E-state index in [4.69, 9.17) is 0 Å². The third kappa shape index (κ3) is 4.50. The summed E-state index contributed by atoms with van der Waals surface area (Å²) in [4.78, 5) is 11.3. The first-order valence-corrected chi connectivity index (χ1v) is 4.87. The third-order valence-electron chi connectivity index (χ3n) is 2.07. The highest BCUT2D eigenvalue weighted by Crippen LogP contribution is 2.05. The Morgan fingerprint density at radius 3 is 2.25 bits per heavy atom. The summed E-state index contributed by atoms with van der Waals surface area (Å²) >= 11 is 0. The van der Waals surface area contributed by atoms with Crippen molar-refractivity contribution < 1.29 is 4.79 Å². The SMILES string of the molecule is CCC(=O)C(CC)CNC(C)C. The van der Waals surface area contributed by atoms with Crippen LogP contribution in [0.1, 0.15) is 40.5 Å². The van der Waals surface area contributed by atoms with Gasteiger partial charge < -0.3 is 5.32 Å². The fourth-order valence-corrected chi connectivity index (χ4v) is 1.15. The molecule has 0 saturated heterocycles. The van der Waals surface area contributed by atoms with Crippen LogP contribution in [0.25, 0.3) is 0 Å². The highest BCUT2D eigenvalue weighted by molar-refractivity contribution is 5.80. The minimum atomic E-state index is 0.220. The van der Waals surface area contributed by atoms with Crippen LogP contribution in [0.3, 0.4) is 0 Å². The Morgan fingerprint density at radius 1 is 1.33 bits per heavy atom. The van der Waals surface area contributed by atoms with Crippen LogP contribution in [0.4, 0.5) is 0 Å². The van der Waals surface area contributed by atoms with Gasteiger partial charge in [-0.1, -0.05) is 27.7 Å². The Kier molecular flexibility index (Phi) is 5.99. The summed E-state index contributed by atoms with van der Waals surface area (Å²) in [6.07, 6.45) is 1.62. The second-order valence-electron chi connectivity index (χ2n) is 3.49. The summed E-state index contributed by atoms with van der Waals surface area (Å²) in [5, 5.41) is 3.29. The van der Waals surface area contributed by atoms with Crippen LogP contribution < -0.4 is 5.32 Å². The molecule has 0 amide bonds. The van der Waals surface area contributed by atoms with Gasteiger partial charge in [0.15, 0.2) is 0 Å². The molecule has 0 radical (unpaired) electrons. The van der Waals surface area contributed by atoms with Crippen LogP contribution in [0.15, 0.2) is 0 Å². The van der Waals surface area contributed by atoms with E-state index in [2.05, 4.69) is 26.1 Å². The van der Waals surface area contributed by atoms with Gasteiger partial charge in [0, 0.05) is 24.9 Å². The zero-order valence-corrected chi connectivity index (χ0v) is 8.68. The lowest BCUT2D eigenvalue weighted by Crippen LogP contribution is -2.32. The third-order valence-corrected chi connectivity index (χ3v) is 2.07. The number of hydrogen-bond donors (Lipinski definition) is 1. The number of hydrogen-bond acceptors (Lipinski definition) is 2.